The van der Waals surface area contributed by atoms with Crippen molar-refractivity contribution in [1.29, 1.82) is 0 Å². The first-order chi connectivity index (χ1) is 9.06. The van der Waals surface area contributed by atoms with Crippen LogP contribution in [0.4, 0.5) is 0 Å². The summed E-state index contributed by atoms with van der Waals surface area (Å²) in [5.41, 5.74) is 3.03. The zero-order chi connectivity index (χ0) is 13.8. The van der Waals surface area contributed by atoms with Gasteiger partial charge in [-0.15, -0.1) is 0 Å². The molecule has 1 atom stereocenters. The van der Waals surface area contributed by atoms with Crippen LogP contribution in [0.2, 0.25) is 0 Å². The Morgan fingerprint density at radius 2 is 1.63 bits per heavy atom. The summed E-state index contributed by atoms with van der Waals surface area (Å²) < 4.78 is 1.13. The van der Waals surface area contributed by atoms with Gasteiger partial charge in [-0.05, 0) is 66.3 Å². The second-order valence-corrected chi connectivity index (χ2v) is 5.86. The second kappa shape index (κ2) is 6.19. The number of hydrogen-bond donors (Lipinski definition) is 1. The van der Waals surface area contributed by atoms with Gasteiger partial charge in [-0.3, -0.25) is 4.79 Å². The van der Waals surface area contributed by atoms with Crippen molar-refractivity contribution >= 4 is 28.5 Å². The van der Waals surface area contributed by atoms with Crippen molar-refractivity contribution in [2.45, 2.75) is 19.9 Å². The fraction of sp³-hybridized carbons (Fsp3) is 0.188. The maximum Gasteiger partial charge on any atom is 0.251 e. The molecular weight excluding hydrogens is 349 g/mol. The highest BCUT2D eigenvalue weighted by atomic mass is 127. The highest BCUT2D eigenvalue weighted by Gasteiger charge is 2.10. The van der Waals surface area contributed by atoms with Crippen LogP contribution in [0.3, 0.4) is 0 Å². The summed E-state index contributed by atoms with van der Waals surface area (Å²) in [5, 5.41) is 3.01. The summed E-state index contributed by atoms with van der Waals surface area (Å²) in [4.78, 5) is 12.1. The van der Waals surface area contributed by atoms with Gasteiger partial charge in [-0.2, -0.15) is 0 Å². The minimum Gasteiger partial charge on any atom is -0.346 e. The molecule has 0 spiro atoms. The predicted octanol–water partition coefficient (Wildman–Crippen LogP) is 4.09. The number of halogens is 1. The molecule has 0 aliphatic rings. The molecule has 0 saturated carbocycles. The molecule has 3 heteroatoms. The molecule has 2 aromatic carbocycles. The molecule has 1 N–H and O–H groups in total. The van der Waals surface area contributed by atoms with Crippen LogP contribution in [-0.4, -0.2) is 5.91 Å². The van der Waals surface area contributed by atoms with Crippen molar-refractivity contribution < 1.29 is 4.79 Å². The van der Waals surface area contributed by atoms with Crippen molar-refractivity contribution in [3.8, 4) is 0 Å². The Kier molecular flexibility index (Phi) is 4.58. The maximum atomic E-state index is 12.1. The van der Waals surface area contributed by atoms with Crippen LogP contribution < -0.4 is 5.32 Å². The molecule has 0 bridgehead atoms. The van der Waals surface area contributed by atoms with Crippen molar-refractivity contribution in [2.75, 3.05) is 0 Å². The third-order valence-electron chi connectivity index (χ3n) is 3.03. The van der Waals surface area contributed by atoms with Crippen molar-refractivity contribution in [3.63, 3.8) is 0 Å². The minimum atomic E-state index is -0.0375. The van der Waals surface area contributed by atoms with Crippen LogP contribution in [-0.2, 0) is 0 Å². The first-order valence-electron chi connectivity index (χ1n) is 6.19. The number of aryl methyl sites for hydroxylation is 1. The Morgan fingerprint density at radius 1 is 1.05 bits per heavy atom. The van der Waals surface area contributed by atoms with Crippen LogP contribution in [0.15, 0.2) is 48.5 Å². The Balaban J connectivity index is 2.06. The fourth-order valence-electron chi connectivity index (χ4n) is 1.82. The van der Waals surface area contributed by atoms with E-state index in [1.807, 2.05) is 43.3 Å². The van der Waals surface area contributed by atoms with E-state index in [-0.39, 0.29) is 11.9 Å². The normalized spacial score (nSPS) is 11.9. The number of rotatable bonds is 3. The molecule has 0 saturated heterocycles. The van der Waals surface area contributed by atoms with E-state index in [9.17, 15) is 4.79 Å². The van der Waals surface area contributed by atoms with Gasteiger partial charge >= 0.3 is 0 Å². The molecule has 0 heterocycles. The number of benzene rings is 2. The Bertz CT molecular complexity index is 560. The van der Waals surface area contributed by atoms with Gasteiger partial charge in [0.1, 0.15) is 0 Å². The van der Waals surface area contributed by atoms with Gasteiger partial charge < -0.3 is 5.32 Å². The fourth-order valence-corrected chi connectivity index (χ4v) is 2.18. The first-order valence-corrected chi connectivity index (χ1v) is 7.27. The molecule has 1 amide bonds. The van der Waals surface area contributed by atoms with Crippen molar-refractivity contribution in [3.05, 3.63) is 68.8 Å². The monoisotopic (exact) mass is 365 g/mol. The zero-order valence-corrected chi connectivity index (χ0v) is 13.1. The molecular formula is C16H16INO. The molecule has 0 aliphatic carbocycles. The minimum absolute atomic E-state index is 0.00683. The summed E-state index contributed by atoms with van der Waals surface area (Å²) >= 11 is 2.23. The molecule has 0 fully saturated rings. The number of amides is 1. The SMILES string of the molecule is Cc1ccc([C@@H](C)NC(=O)c2ccc(I)cc2)cc1. The third kappa shape index (κ3) is 3.80. The summed E-state index contributed by atoms with van der Waals surface area (Å²) in [6, 6.07) is 15.8. The molecule has 2 aromatic rings. The van der Waals surface area contributed by atoms with Crippen LogP contribution in [0.1, 0.15) is 34.5 Å². The average molecular weight is 365 g/mol. The number of nitrogens with one attached hydrogen (secondary N) is 1. The predicted molar refractivity (Wildman–Crippen MR) is 86.2 cm³/mol. The van der Waals surface area contributed by atoms with E-state index in [2.05, 4.69) is 47.0 Å². The van der Waals surface area contributed by atoms with Gasteiger partial charge in [-0.1, -0.05) is 29.8 Å². The van der Waals surface area contributed by atoms with E-state index in [1.54, 1.807) is 0 Å². The van der Waals surface area contributed by atoms with E-state index in [0.717, 1.165) is 9.13 Å². The molecule has 0 radical (unpaired) electrons. The van der Waals surface area contributed by atoms with E-state index >= 15 is 0 Å². The van der Waals surface area contributed by atoms with E-state index in [0.29, 0.717) is 5.56 Å². The molecule has 0 unspecified atom stereocenters. The van der Waals surface area contributed by atoms with Crippen LogP contribution in [0.5, 0.6) is 0 Å². The summed E-state index contributed by atoms with van der Waals surface area (Å²) in [5.74, 6) is -0.0375. The van der Waals surface area contributed by atoms with Gasteiger partial charge in [0.2, 0.25) is 0 Å². The number of carbonyl (C=O) groups excluding carboxylic acids is 1. The Morgan fingerprint density at radius 3 is 2.21 bits per heavy atom. The average Bonchev–Trinajstić information content (AvgIpc) is 2.40. The van der Waals surface area contributed by atoms with Crippen LogP contribution >= 0.6 is 22.6 Å². The number of carbonyl (C=O) groups is 1. The van der Waals surface area contributed by atoms with Gasteiger partial charge in [0.15, 0.2) is 0 Å². The molecule has 2 rings (SSSR count). The number of hydrogen-bond acceptors (Lipinski definition) is 1. The van der Waals surface area contributed by atoms with E-state index in [1.165, 1.54) is 5.56 Å². The molecule has 2 nitrogen and oxygen atoms in total. The van der Waals surface area contributed by atoms with Crippen LogP contribution in [0, 0.1) is 10.5 Å². The zero-order valence-electron chi connectivity index (χ0n) is 11.0. The topological polar surface area (TPSA) is 29.1 Å². The molecule has 19 heavy (non-hydrogen) atoms. The highest BCUT2D eigenvalue weighted by Crippen LogP contribution is 2.14. The lowest BCUT2D eigenvalue weighted by atomic mass is 10.1. The van der Waals surface area contributed by atoms with Gasteiger partial charge in [-0.25, -0.2) is 0 Å². The van der Waals surface area contributed by atoms with Gasteiger partial charge in [0.05, 0.1) is 6.04 Å². The lowest BCUT2D eigenvalue weighted by Crippen LogP contribution is -2.26. The van der Waals surface area contributed by atoms with Gasteiger partial charge in [0.25, 0.3) is 5.91 Å². The smallest absolute Gasteiger partial charge is 0.251 e. The first kappa shape index (κ1) is 14.1. The lowest BCUT2D eigenvalue weighted by Gasteiger charge is -2.14. The highest BCUT2D eigenvalue weighted by molar-refractivity contribution is 14.1. The molecule has 0 aliphatic heterocycles. The maximum absolute atomic E-state index is 12.1. The molecule has 98 valence electrons. The summed E-state index contributed by atoms with van der Waals surface area (Å²) in [7, 11) is 0. The standard InChI is InChI=1S/C16H16INO/c1-11-3-5-13(6-4-11)12(2)18-16(19)14-7-9-15(17)10-8-14/h3-10,12H,1-2H3,(H,18,19)/t12-/m1/s1. The second-order valence-electron chi connectivity index (χ2n) is 4.61. The quantitative estimate of drug-likeness (QED) is 0.816. The van der Waals surface area contributed by atoms with E-state index in [4.69, 9.17) is 0 Å². The van der Waals surface area contributed by atoms with E-state index < -0.39 is 0 Å². The lowest BCUT2D eigenvalue weighted by molar-refractivity contribution is 0.0940. The molecule has 0 aromatic heterocycles. The van der Waals surface area contributed by atoms with Gasteiger partial charge in [0, 0.05) is 9.13 Å². The Hall–Kier alpha value is -1.36. The van der Waals surface area contributed by atoms with Crippen molar-refractivity contribution in [1.82, 2.24) is 5.32 Å². The largest absolute Gasteiger partial charge is 0.346 e. The third-order valence-corrected chi connectivity index (χ3v) is 3.75. The van der Waals surface area contributed by atoms with Crippen molar-refractivity contribution in [2.24, 2.45) is 0 Å². The van der Waals surface area contributed by atoms with Crippen LogP contribution in [0.25, 0.3) is 0 Å². The summed E-state index contributed by atoms with van der Waals surface area (Å²) in [6.45, 7) is 4.05. The Labute approximate surface area is 127 Å². The summed E-state index contributed by atoms with van der Waals surface area (Å²) in [6.07, 6.45) is 0.